The SMILES string of the molecule is C[C@@H]1C2CC(C[C@H]1N(C)CC(=O)O)C2(C)C. The standard InChI is InChI=1S/C13H23NO2/c1-8-10-5-9(13(10,2)3)6-11(8)14(4)7-12(15)16/h8-11H,5-7H2,1-4H3,(H,15,16)/t8-,9?,10?,11-/m1/s1. The van der Waals surface area contributed by atoms with Crippen LogP contribution in [-0.4, -0.2) is 35.6 Å². The van der Waals surface area contributed by atoms with Gasteiger partial charge in [0.05, 0.1) is 6.54 Å². The van der Waals surface area contributed by atoms with E-state index in [9.17, 15) is 4.79 Å². The highest BCUT2D eigenvalue weighted by Crippen LogP contribution is 2.61. The zero-order valence-corrected chi connectivity index (χ0v) is 10.7. The second kappa shape index (κ2) is 3.73. The van der Waals surface area contributed by atoms with Gasteiger partial charge in [-0.15, -0.1) is 0 Å². The highest BCUT2D eigenvalue weighted by atomic mass is 16.4. The second-order valence-electron chi connectivity index (χ2n) is 6.33. The predicted molar refractivity (Wildman–Crippen MR) is 63.2 cm³/mol. The second-order valence-corrected chi connectivity index (χ2v) is 6.33. The van der Waals surface area contributed by atoms with E-state index in [0.29, 0.717) is 17.4 Å². The van der Waals surface area contributed by atoms with Crippen molar-refractivity contribution in [2.24, 2.45) is 23.2 Å². The van der Waals surface area contributed by atoms with Crippen molar-refractivity contribution in [1.29, 1.82) is 0 Å². The number of hydrogen-bond acceptors (Lipinski definition) is 2. The number of aliphatic carboxylic acids is 1. The van der Waals surface area contributed by atoms with Gasteiger partial charge < -0.3 is 5.11 Å². The van der Waals surface area contributed by atoms with Crippen molar-refractivity contribution in [3.63, 3.8) is 0 Å². The van der Waals surface area contributed by atoms with Gasteiger partial charge in [0.15, 0.2) is 0 Å². The Labute approximate surface area is 97.8 Å². The van der Waals surface area contributed by atoms with E-state index in [0.717, 1.165) is 11.8 Å². The number of likely N-dealkylation sites (N-methyl/N-ethyl adjacent to an activating group) is 1. The minimum absolute atomic E-state index is 0.175. The number of carbonyl (C=O) groups is 1. The van der Waals surface area contributed by atoms with Crippen molar-refractivity contribution in [3.8, 4) is 0 Å². The van der Waals surface area contributed by atoms with Gasteiger partial charge in [-0.05, 0) is 43.1 Å². The molecule has 0 amide bonds. The van der Waals surface area contributed by atoms with E-state index in [1.165, 1.54) is 12.8 Å². The highest BCUT2D eigenvalue weighted by Gasteiger charge is 2.56. The Bertz CT molecular complexity index is 300. The van der Waals surface area contributed by atoms with Crippen molar-refractivity contribution in [1.82, 2.24) is 4.90 Å². The smallest absolute Gasteiger partial charge is 0.317 e. The van der Waals surface area contributed by atoms with E-state index in [1.807, 2.05) is 11.9 Å². The molecule has 0 aromatic heterocycles. The molecule has 3 heteroatoms. The van der Waals surface area contributed by atoms with Crippen LogP contribution in [0.4, 0.5) is 0 Å². The first-order chi connectivity index (χ1) is 7.34. The third kappa shape index (κ3) is 1.65. The molecular weight excluding hydrogens is 202 g/mol. The van der Waals surface area contributed by atoms with Crippen LogP contribution in [0.5, 0.6) is 0 Å². The maximum Gasteiger partial charge on any atom is 0.317 e. The van der Waals surface area contributed by atoms with Gasteiger partial charge in [-0.3, -0.25) is 9.69 Å². The molecule has 0 radical (unpaired) electrons. The maximum absolute atomic E-state index is 10.7. The molecule has 3 aliphatic carbocycles. The largest absolute Gasteiger partial charge is 0.480 e. The molecule has 0 aromatic rings. The summed E-state index contributed by atoms with van der Waals surface area (Å²) in [6.45, 7) is 7.21. The summed E-state index contributed by atoms with van der Waals surface area (Å²) in [6.07, 6.45) is 2.53. The van der Waals surface area contributed by atoms with Gasteiger partial charge in [0.25, 0.3) is 0 Å². The molecule has 3 nitrogen and oxygen atoms in total. The van der Waals surface area contributed by atoms with Crippen LogP contribution in [0.25, 0.3) is 0 Å². The van der Waals surface area contributed by atoms with Crippen molar-refractivity contribution in [2.45, 2.75) is 39.7 Å². The Hall–Kier alpha value is -0.570. The summed E-state index contributed by atoms with van der Waals surface area (Å²) in [5, 5.41) is 8.84. The fourth-order valence-electron chi connectivity index (χ4n) is 4.03. The molecule has 0 heterocycles. The zero-order chi connectivity index (χ0) is 12.1. The topological polar surface area (TPSA) is 40.5 Å². The van der Waals surface area contributed by atoms with Crippen LogP contribution < -0.4 is 0 Å². The van der Waals surface area contributed by atoms with Crippen LogP contribution >= 0.6 is 0 Å². The lowest BCUT2D eigenvalue weighted by Gasteiger charge is -2.63. The number of rotatable bonds is 3. The number of hydrogen-bond donors (Lipinski definition) is 1. The third-order valence-corrected chi connectivity index (χ3v) is 5.26. The van der Waals surface area contributed by atoms with E-state index in [2.05, 4.69) is 20.8 Å². The van der Waals surface area contributed by atoms with Gasteiger partial charge in [-0.25, -0.2) is 0 Å². The van der Waals surface area contributed by atoms with Crippen molar-refractivity contribution in [2.75, 3.05) is 13.6 Å². The summed E-state index contributed by atoms with van der Waals surface area (Å²) in [5.41, 5.74) is 0.486. The van der Waals surface area contributed by atoms with E-state index < -0.39 is 5.97 Å². The van der Waals surface area contributed by atoms with Crippen LogP contribution in [0.1, 0.15) is 33.6 Å². The highest BCUT2D eigenvalue weighted by molar-refractivity contribution is 5.69. The van der Waals surface area contributed by atoms with Crippen LogP contribution in [0.3, 0.4) is 0 Å². The van der Waals surface area contributed by atoms with Gasteiger partial charge in [0.2, 0.25) is 0 Å². The summed E-state index contributed by atoms with van der Waals surface area (Å²) in [5.74, 6) is 1.50. The molecule has 3 rings (SSSR count). The Morgan fingerprint density at radius 3 is 2.50 bits per heavy atom. The molecule has 3 fully saturated rings. The van der Waals surface area contributed by atoms with E-state index in [-0.39, 0.29) is 6.54 Å². The van der Waals surface area contributed by atoms with E-state index >= 15 is 0 Å². The summed E-state index contributed by atoms with van der Waals surface area (Å²) < 4.78 is 0. The number of carboxylic acid groups (broad SMARTS) is 1. The summed E-state index contributed by atoms with van der Waals surface area (Å²) >= 11 is 0. The molecule has 4 atom stereocenters. The molecule has 2 unspecified atom stereocenters. The van der Waals surface area contributed by atoms with Crippen LogP contribution in [-0.2, 0) is 4.79 Å². The maximum atomic E-state index is 10.7. The molecule has 2 bridgehead atoms. The molecule has 0 aromatic carbocycles. The van der Waals surface area contributed by atoms with Gasteiger partial charge in [-0.2, -0.15) is 0 Å². The lowest BCUT2D eigenvalue weighted by atomic mass is 9.44. The molecule has 92 valence electrons. The minimum Gasteiger partial charge on any atom is -0.480 e. The molecule has 16 heavy (non-hydrogen) atoms. The quantitative estimate of drug-likeness (QED) is 0.799. The fraction of sp³-hybridized carbons (Fsp3) is 0.923. The summed E-state index contributed by atoms with van der Waals surface area (Å²) in [4.78, 5) is 12.8. The van der Waals surface area contributed by atoms with Crippen LogP contribution in [0, 0.1) is 23.2 Å². The Balaban J connectivity index is 2.02. The van der Waals surface area contributed by atoms with Gasteiger partial charge in [-0.1, -0.05) is 20.8 Å². The molecular formula is C13H23NO2. The van der Waals surface area contributed by atoms with Crippen LogP contribution in [0.2, 0.25) is 0 Å². The van der Waals surface area contributed by atoms with Crippen LogP contribution in [0.15, 0.2) is 0 Å². The summed E-state index contributed by atoms with van der Waals surface area (Å²) in [7, 11) is 1.95. The van der Waals surface area contributed by atoms with Gasteiger partial charge in [0.1, 0.15) is 0 Å². The lowest BCUT2D eigenvalue weighted by Crippen LogP contribution is -2.60. The third-order valence-electron chi connectivity index (χ3n) is 5.26. The van der Waals surface area contributed by atoms with E-state index in [4.69, 9.17) is 5.11 Å². The Morgan fingerprint density at radius 1 is 1.44 bits per heavy atom. The van der Waals surface area contributed by atoms with Crippen molar-refractivity contribution < 1.29 is 9.90 Å². The normalized spacial score (nSPS) is 40.6. The Kier molecular flexibility index (Phi) is 2.77. The monoisotopic (exact) mass is 225 g/mol. The lowest BCUT2D eigenvalue weighted by molar-refractivity contribution is -0.149. The number of nitrogens with zero attached hydrogens (tertiary/aromatic N) is 1. The van der Waals surface area contributed by atoms with Gasteiger partial charge >= 0.3 is 5.97 Å². The number of carboxylic acids is 1. The Morgan fingerprint density at radius 2 is 2.06 bits per heavy atom. The van der Waals surface area contributed by atoms with Crippen molar-refractivity contribution in [3.05, 3.63) is 0 Å². The first-order valence-corrected chi connectivity index (χ1v) is 6.26. The summed E-state index contributed by atoms with van der Waals surface area (Å²) in [6, 6.07) is 0.466. The molecule has 1 N–H and O–H groups in total. The minimum atomic E-state index is -0.715. The predicted octanol–water partition coefficient (Wildman–Crippen LogP) is 2.07. The fourth-order valence-corrected chi connectivity index (χ4v) is 4.03. The molecule has 0 spiro atoms. The molecule has 0 aliphatic heterocycles. The first kappa shape index (κ1) is 11.9. The number of fused-ring (bicyclic) bond motifs is 2. The van der Waals surface area contributed by atoms with E-state index in [1.54, 1.807) is 0 Å². The molecule has 3 aliphatic rings. The zero-order valence-electron chi connectivity index (χ0n) is 10.7. The van der Waals surface area contributed by atoms with Crippen molar-refractivity contribution >= 4 is 5.97 Å². The molecule has 3 saturated carbocycles. The first-order valence-electron chi connectivity index (χ1n) is 6.26. The average Bonchev–Trinajstić information content (AvgIpc) is 2.15. The van der Waals surface area contributed by atoms with Gasteiger partial charge in [0, 0.05) is 6.04 Å². The molecule has 0 saturated heterocycles. The average molecular weight is 225 g/mol.